The lowest BCUT2D eigenvalue weighted by Crippen LogP contribution is -2.26. The molecule has 1 fully saturated rings. The summed E-state index contributed by atoms with van der Waals surface area (Å²) in [5.74, 6) is 0.296. The molecule has 1 aromatic rings. The van der Waals surface area contributed by atoms with E-state index < -0.39 is 5.97 Å². The van der Waals surface area contributed by atoms with Crippen molar-refractivity contribution in [2.75, 3.05) is 11.1 Å². The van der Waals surface area contributed by atoms with Crippen molar-refractivity contribution in [3.63, 3.8) is 0 Å². The molecule has 1 aliphatic rings. The molecule has 19 heavy (non-hydrogen) atoms. The van der Waals surface area contributed by atoms with Crippen molar-refractivity contribution in [1.29, 1.82) is 0 Å². The molecule has 1 aromatic carbocycles. The van der Waals surface area contributed by atoms with E-state index in [9.17, 15) is 4.79 Å². The Hall–Kier alpha value is -1.16. The van der Waals surface area contributed by atoms with E-state index in [1.54, 1.807) is 6.07 Å². The maximum absolute atomic E-state index is 11.0. The van der Waals surface area contributed by atoms with Gasteiger partial charge in [0.15, 0.2) is 0 Å². The van der Waals surface area contributed by atoms with Gasteiger partial charge in [-0.3, -0.25) is 0 Å². The molecule has 4 heteroatoms. The van der Waals surface area contributed by atoms with Gasteiger partial charge < -0.3 is 10.4 Å². The molecular formula is C15H21NO2S. The Morgan fingerprint density at radius 3 is 2.89 bits per heavy atom. The molecule has 0 radical (unpaired) electrons. The van der Waals surface area contributed by atoms with E-state index >= 15 is 0 Å². The molecule has 1 saturated carbocycles. The summed E-state index contributed by atoms with van der Waals surface area (Å²) in [5, 5.41) is 13.3. The highest BCUT2D eigenvalue weighted by Gasteiger charge is 2.27. The number of thioether (sulfide) groups is 1. The van der Waals surface area contributed by atoms with Crippen molar-refractivity contribution in [1.82, 2.24) is 0 Å². The highest BCUT2D eigenvalue weighted by molar-refractivity contribution is 7.99. The van der Waals surface area contributed by atoms with Crippen molar-refractivity contribution in [3.05, 3.63) is 29.3 Å². The first-order valence-electron chi connectivity index (χ1n) is 6.84. The van der Waals surface area contributed by atoms with Crippen LogP contribution < -0.4 is 5.32 Å². The monoisotopic (exact) mass is 279 g/mol. The molecule has 2 unspecified atom stereocenters. The number of hydrogen-bond donors (Lipinski definition) is 2. The van der Waals surface area contributed by atoms with Gasteiger partial charge in [0, 0.05) is 17.0 Å². The van der Waals surface area contributed by atoms with E-state index in [4.69, 9.17) is 5.11 Å². The van der Waals surface area contributed by atoms with Crippen LogP contribution in [0.2, 0.25) is 0 Å². The number of rotatable bonds is 5. The fourth-order valence-electron chi connectivity index (χ4n) is 2.71. The van der Waals surface area contributed by atoms with Crippen molar-refractivity contribution in [2.45, 2.75) is 44.4 Å². The third-order valence-electron chi connectivity index (χ3n) is 3.64. The van der Waals surface area contributed by atoms with Crippen molar-refractivity contribution >= 4 is 23.4 Å². The van der Waals surface area contributed by atoms with Gasteiger partial charge in [0.25, 0.3) is 0 Å². The quantitative estimate of drug-likeness (QED) is 0.861. The number of aromatic carboxylic acids is 1. The Morgan fingerprint density at radius 2 is 2.26 bits per heavy atom. The van der Waals surface area contributed by atoms with Crippen LogP contribution in [0.25, 0.3) is 0 Å². The molecule has 0 heterocycles. The fraction of sp³-hybridized carbons (Fsp3) is 0.533. The summed E-state index contributed by atoms with van der Waals surface area (Å²) >= 11 is 2.02. The van der Waals surface area contributed by atoms with Crippen molar-refractivity contribution < 1.29 is 9.90 Å². The van der Waals surface area contributed by atoms with Crippen LogP contribution in [0.1, 0.15) is 42.1 Å². The molecule has 104 valence electrons. The minimum Gasteiger partial charge on any atom is -0.478 e. The van der Waals surface area contributed by atoms with Gasteiger partial charge in [-0.1, -0.05) is 13.3 Å². The Balaban J connectivity index is 2.07. The molecule has 0 saturated heterocycles. The number of benzene rings is 1. The van der Waals surface area contributed by atoms with E-state index in [0.717, 1.165) is 17.0 Å². The number of nitrogens with one attached hydrogen (secondary N) is 1. The van der Waals surface area contributed by atoms with Crippen LogP contribution in [0.15, 0.2) is 18.2 Å². The first kappa shape index (κ1) is 14.3. The summed E-state index contributed by atoms with van der Waals surface area (Å²) < 4.78 is 0. The first-order chi connectivity index (χ1) is 9.11. The molecule has 0 aliphatic heterocycles. The van der Waals surface area contributed by atoms with Gasteiger partial charge in [-0.05, 0) is 49.3 Å². The second-order valence-electron chi connectivity index (χ2n) is 5.01. The highest BCUT2D eigenvalue weighted by atomic mass is 32.2. The van der Waals surface area contributed by atoms with Crippen LogP contribution in [-0.4, -0.2) is 28.1 Å². The number of carboxylic acid groups (broad SMARTS) is 1. The lowest BCUT2D eigenvalue weighted by Gasteiger charge is -2.21. The fourth-order valence-corrected chi connectivity index (χ4v) is 3.91. The lowest BCUT2D eigenvalue weighted by atomic mass is 10.1. The SMILES string of the molecule is CCSC1CCCC1Nc1ccc(C(=O)O)c(C)c1. The number of carbonyl (C=O) groups is 1. The predicted octanol–water partition coefficient (Wildman–Crippen LogP) is 3.78. The summed E-state index contributed by atoms with van der Waals surface area (Å²) in [5.41, 5.74) is 2.24. The molecule has 3 nitrogen and oxygen atoms in total. The number of aryl methyl sites for hydroxylation is 1. The van der Waals surface area contributed by atoms with Crippen LogP contribution >= 0.6 is 11.8 Å². The highest BCUT2D eigenvalue weighted by Crippen LogP contribution is 2.32. The first-order valence-corrected chi connectivity index (χ1v) is 7.88. The summed E-state index contributed by atoms with van der Waals surface area (Å²) in [7, 11) is 0. The predicted molar refractivity (Wildman–Crippen MR) is 81.3 cm³/mol. The zero-order chi connectivity index (χ0) is 13.8. The van der Waals surface area contributed by atoms with Crippen molar-refractivity contribution in [3.8, 4) is 0 Å². The maximum Gasteiger partial charge on any atom is 0.335 e. The minimum atomic E-state index is -0.857. The number of carboxylic acids is 1. The second-order valence-corrected chi connectivity index (χ2v) is 6.53. The minimum absolute atomic E-state index is 0.386. The molecular weight excluding hydrogens is 258 g/mol. The lowest BCUT2D eigenvalue weighted by molar-refractivity contribution is 0.0696. The topological polar surface area (TPSA) is 49.3 Å². The molecule has 0 bridgehead atoms. The normalized spacial score (nSPS) is 22.4. The summed E-state index contributed by atoms with van der Waals surface area (Å²) in [6, 6.07) is 6.02. The molecule has 2 atom stereocenters. The van der Waals surface area contributed by atoms with Crippen LogP contribution in [0.3, 0.4) is 0 Å². The average Bonchev–Trinajstić information content (AvgIpc) is 2.77. The van der Waals surface area contributed by atoms with Crippen LogP contribution in [-0.2, 0) is 0 Å². The molecule has 0 spiro atoms. The standard InChI is InChI=1S/C15H21NO2S/c1-3-19-14-6-4-5-13(14)16-11-7-8-12(15(17)18)10(2)9-11/h7-9,13-14,16H,3-6H2,1-2H3,(H,17,18). The summed E-state index contributed by atoms with van der Waals surface area (Å²) in [4.78, 5) is 11.0. The third kappa shape index (κ3) is 3.44. The number of anilines is 1. The molecule has 2 N–H and O–H groups in total. The van der Waals surface area contributed by atoms with Crippen molar-refractivity contribution in [2.24, 2.45) is 0 Å². The van der Waals surface area contributed by atoms with Gasteiger partial charge in [0.05, 0.1) is 5.56 Å². The maximum atomic E-state index is 11.0. The summed E-state index contributed by atoms with van der Waals surface area (Å²) in [6.07, 6.45) is 3.77. The molecule has 0 aromatic heterocycles. The van der Waals surface area contributed by atoms with Crippen LogP contribution in [0.5, 0.6) is 0 Å². The largest absolute Gasteiger partial charge is 0.478 e. The van der Waals surface area contributed by atoms with Gasteiger partial charge in [-0.25, -0.2) is 4.79 Å². The Labute approximate surface area is 118 Å². The molecule has 1 aliphatic carbocycles. The van der Waals surface area contributed by atoms with Gasteiger partial charge >= 0.3 is 5.97 Å². The zero-order valence-electron chi connectivity index (χ0n) is 11.5. The van der Waals surface area contributed by atoms with E-state index in [1.165, 1.54) is 19.3 Å². The van der Waals surface area contributed by atoms with Gasteiger partial charge in [0.2, 0.25) is 0 Å². The van der Waals surface area contributed by atoms with E-state index in [1.807, 2.05) is 30.8 Å². The van der Waals surface area contributed by atoms with Gasteiger partial charge in [-0.15, -0.1) is 0 Å². The molecule has 2 rings (SSSR count). The van der Waals surface area contributed by atoms with Crippen LogP contribution in [0, 0.1) is 6.92 Å². The second kappa shape index (κ2) is 6.33. The Kier molecular flexibility index (Phi) is 4.75. The summed E-state index contributed by atoms with van der Waals surface area (Å²) in [6.45, 7) is 4.05. The Bertz CT molecular complexity index is 461. The van der Waals surface area contributed by atoms with Gasteiger partial charge in [-0.2, -0.15) is 11.8 Å². The smallest absolute Gasteiger partial charge is 0.335 e. The van der Waals surface area contributed by atoms with E-state index in [0.29, 0.717) is 16.9 Å². The number of hydrogen-bond acceptors (Lipinski definition) is 3. The van der Waals surface area contributed by atoms with Crippen LogP contribution in [0.4, 0.5) is 5.69 Å². The average molecular weight is 279 g/mol. The molecule has 0 amide bonds. The zero-order valence-corrected chi connectivity index (χ0v) is 12.3. The Morgan fingerprint density at radius 1 is 1.47 bits per heavy atom. The third-order valence-corrected chi connectivity index (χ3v) is 4.97. The van der Waals surface area contributed by atoms with E-state index in [-0.39, 0.29) is 0 Å². The van der Waals surface area contributed by atoms with Gasteiger partial charge in [0.1, 0.15) is 0 Å². The van der Waals surface area contributed by atoms with E-state index in [2.05, 4.69) is 12.2 Å².